The van der Waals surface area contributed by atoms with Crippen molar-refractivity contribution < 1.29 is 31.2 Å². The first kappa shape index (κ1) is 22.3. The maximum Gasteiger partial charge on any atom is 0.300 e. The molecule has 0 spiro atoms. The van der Waals surface area contributed by atoms with E-state index in [9.17, 15) is 12.8 Å². The topological polar surface area (TPSA) is 71.1 Å². The number of aryl methyl sites for hydroxylation is 1. The molecule has 0 saturated heterocycles. The van der Waals surface area contributed by atoms with E-state index < -0.39 is 15.9 Å². The van der Waals surface area contributed by atoms with E-state index >= 15 is 0 Å². The van der Waals surface area contributed by atoms with Crippen LogP contribution in [0.5, 0.6) is 5.75 Å². The summed E-state index contributed by atoms with van der Waals surface area (Å²) >= 11 is 0. The van der Waals surface area contributed by atoms with E-state index in [1.54, 1.807) is 7.11 Å². The van der Waals surface area contributed by atoms with Crippen molar-refractivity contribution in [2.24, 2.45) is 0 Å². The van der Waals surface area contributed by atoms with Crippen molar-refractivity contribution in [3.63, 3.8) is 0 Å². The van der Waals surface area contributed by atoms with Crippen LogP contribution in [0.4, 0.5) is 4.39 Å². The van der Waals surface area contributed by atoms with Gasteiger partial charge in [0.15, 0.2) is 0 Å². The Morgan fingerprint density at radius 3 is 2.43 bits per heavy atom. The highest BCUT2D eigenvalue weighted by Crippen LogP contribution is 2.26. The Kier molecular flexibility index (Phi) is 9.36. The van der Waals surface area contributed by atoms with Gasteiger partial charge in [0.2, 0.25) is 0 Å². The number of halogens is 1. The van der Waals surface area contributed by atoms with Crippen molar-refractivity contribution >= 4 is 10.1 Å². The van der Waals surface area contributed by atoms with Gasteiger partial charge in [0.25, 0.3) is 0 Å². The second kappa shape index (κ2) is 11.8. The number of hydrogen-bond acceptors (Lipinski definition) is 6. The van der Waals surface area contributed by atoms with Crippen LogP contribution in [0.15, 0.2) is 53.4 Å². The Balaban J connectivity index is 1.90. The van der Waals surface area contributed by atoms with Crippen LogP contribution in [0.2, 0.25) is 0 Å². The normalized spacial score (nSPS) is 11.5. The summed E-state index contributed by atoms with van der Waals surface area (Å²) in [6.07, 6.45) is 1.20. The summed E-state index contributed by atoms with van der Waals surface area (Å²) in [4.78, 5) is -0.330. The minimum atomic E-state index is -4.14. The van der Waals surface area contributed by atoms with Crippen LogP contribution in [-0.2, 0) is 30.2 Å². The molecule has 0 atom stereocenters. The fourth-order valence-electron chi connectivity index (χ4n) is 2.40. The minimum absolute atomic E-state index is 0.00664. The van der Waals surface area contributed by atoms with E-state index in [-0.39, 0.29) is 30.5 Å². The third-order valence-corrected chi connectivity index (χ3v) is 5.12. The lowest BCUT2D eigenvalue weighted by Gasteiger charge is -2.12. The molecule has 8 heteroatoms. The molecule has 0 unspecified atom stereocenters. The molecule has 0 bridgehead atoms. The lowest BCUT2D eigenvalue weighted by atomic mass is 10.1. The molecule has 0 aliphatic rings. The Morgan fingerprint density at radius 1 is 0.929 bits per heavy atom. The monoisotopic (exact) mass is 412 g/mol. The third-order valence-electron chi connectivity index (χ3n) is 3.78. The Hall–Kier alpha value is -2.00. The van der Waals surface area contributed by atoms with E-state index in [1.165, 1.54) is 6.07 Å². The molecular weight excluding hydrogens is 387 g/mol. The van der Waals surface area contributed by atoms with Crippen LogP contribution in [0.25, 0.3) is 0 Å². The number of rotatable bonds is 13. The molecule has 0 amide bonds. The first-order chi connectivity index (χ1) is 13.5. The summed E-state index contributed by atoms with van der Waals surface area (Å²) in [6, 6.07) is 13.0. The van der Waals surface area contributed by atoms with Gasteiger partial charge in [-0.3, -0.25) is 4.18 Å². The molecule has 154 valence electrons. The SMILES string of the molecule is COCCOCCOc1ccc(F)cc1S(=O)(=O)OCCCc1ccccc1. The highest BCUT2D eigenvalue weighted by atomic mass is 32.2. The molecule has 0 aliphatic heterocycles. The first-order valence-electron chi connectivity index (χ1n) is 8.95. The number of ether oxygens (including phenoxy) is 3. The molecule has 0 radical (unpaired) electrons. The number of hydrogen-bond donors (Lipinski definition) is 0. The summed E-state index contributed by atoms with van der Waals surface area (Å²) in [6.45, 7) is 1.21. The van der Waals surface area contributed by atoms with E-state index in [1.807, 2.05) is 30.3 Å². The van der Waals surface area contributed by atoms with Gasteiger partial charge in [-0.05, 0) is 36.6 Å². The molecule has 0 aliphatic carbocycles. The number of benzene rings is 2. The lowest BCUT2D eigenvalue weighted by Crippen LogP contribution is -2.14. The summed E-state index contributed by atoms with van der Waals surface area (Å²) in [5, 5.41) is 0. The smallest absolute Gasteiger partial charge is 0.300 e. The second-order valence-corrected chi connectivity index (χ2v) is 7.49. The van der Waals surface area contributed by atoms with Crippen molar-refractivity contribution in [1.82, 2.24) is 0 Å². The van der Waals surface area contributed by atoms with Crippen LogP contribution >= 0.6 is 0 Å². The van der Waals surface area contributed by atoms with Gasteiger partial charge in [-0.15, -0.1) is 0 Å². The lowest BCUT2D eigenvalue weighted by molar-refractivity contribution is 0.0539. The molecule has 0 saturated carbocycles. The molecule has 6 nitrogen and oxygen atoms in total. The summed E-state index contributed by atoms with van der Waals surface area (Å²) in [5.74, 6) is -0.657. The fraction of sp³-hybridized carbons (Fsp3) is 0.400. The highest BCUT2D eigenvalue weighted by molar-refractivity contribution is 7.86. The Bertz CT molecular complexity index is 811. The number of methoxy groups -OCH3 is 1. The molecule has 0 aromatic heterocycles. The summed E-state index contributed by atoms with van der Waals surface area (Å²) < 4.78 is 59.2. The highest BCUT2D eigenvalue weighted by Gasteiger charge is 2.22. The average Bonchev–Trinajstić information content (AvgIpc) is 2.69. The van der Waals surface area contributed by atoms with Crippen molar-refractivity contribution in [2.75, 3.05) is 40.1 Å². The van der Waals surface area contributed by atoms with E-state index in [4.69, 9.17) is 18.4 Å². The molecule has 2 aromatic rings. The molecule has 28 heavy (non-hydrogen) atoms. The average molecular weight is 412 g/mol. The Labute approximate surface area is 165 Å². The van der Waals surface area contributed by atoms with Crippen molar-refractivity contribution in [1.29, 1.82) is 0 Å². The van der Waals surface area contributed by atoms with Crippen LogP contribution in [0, 0.1) is 5.82 Å². The zero-order valence-corrected chi connectivity index (χ0v) is 16.6. The first-order valence-corrected chi connectivity index (χ1v) is 10.4. The molecule has 0 N–H and O–H groups in total. The second-order valence-electron chi connectivity index (χ2n) is 5.91. The van der Waals surface area contributed by atoms with Crippen molar-refractivity contribution in [2.45, 2.75) is 17.7 Å². The molecule has 2 aromatic carbocycles. The maximum atomic E-state index is 13.6. The van der Waals surface area contributed by atoms with Gasteiger partial charge in [0.1, 0.15) is 23.1 Å². The van der Waals surface area contributed by atoms with Gasteiger partial charge in [-0.25, -0.2) is 4.39 Å². The van der Waals surface area contributed by atoms with Crippen molar-refractivity contribution in [3.8, 4) is 5.75 Å². The van der Waals surface area contributed by atoms with Crippen LogP contribution in [0.3, 0.4) is 0 Å². The minimum Gasteiger partial charge on any atom is -0.490 e. The quantitative estimate of drug-likeness (QED) is 0.372. The largest absolute Gasteiger partial charge is 0.490 e. The Morgan fingerprint density at radius 2 is 1.68 bits per heavy atom. The van der Waals surface area contributed by atoms with Crippen molar-refractivity contribution in [3.05, 3.63) is 59.9 Å². The standard InChI is InChI=1S/C20H25FO6S/c1-24-12-13-25-14-15-26-19-10-9-18(21)16-20(19)28(22,23)27-11-5-8-17-6-3-2-4-7-17/h2-4,6-7,9-10,16H,5,8,11-15H2,1H3. The summed E-state index contributed by atoms with van der Waals surface area (Å²) in [7, 11) is -2.58. The van der Waals surface area contributed by atoms with Gasteiger partial charge in [-0.1, -0.05) is 30.3 Å². The molecule has 0 heterocycles. The van der Waals surface area contributed by atoms with Crippen LogP contribution < -0.4 is 4.74 Å². The zero-order chi connectivity index (χ0) is 20.2. The zero-order valence-electron chi connectivity index (χ0n) is 15.8. The van der Waals surface area contributed by atoms with Gasteiger partial charge in [-0.2, -0.15) is 8.42 Å². The van der Waals surface area contributed by atoms with Crippen LogP contribution in [0.1, 0.15) is 12.0 Å². The predicted octanol–water partition coefficient (Wildman–Crippen LogP) is 3.21. The molecule has 0 fully saturated rings. The molecular formula is C20H25FO6S. The molecule has 2 rings (SSSR count). The fourth-order valence-corrected chi connectivity index (χ4v) is 3.50. The van der Waals surface area contributed by atoms with Gasteiger partial charge < -0.3 is 14.2 Å². The predicted molar refractivity (Wildman–Crippen MR) is 102 cm³/mol. The van der Waals surface area contributed by atoms with E-state index in [0.29, 0.717) is 26.1 Å². The van der Waals surface area contributed by atoms with E-state index in [2.05, 4.69) is 0 Å². The van der Waals surface area contributed by atoms with E-state index in [0.717, 1.165) is 17.7 Å². The van der Waals surface area contributed by atoms with Crippen LogP contribution in [-0.4, -0.2) is 48.6 Å². The maximum absolute atomic E-state index is 13.6. The van der Waals surface area contributed by atoms with Gasteiger partial charge in [0.05, 0.1) is 26.4 Å². The third kappa shape index (κ3) is 7.55. The summed E-state index contributed by atoms with van der Waals surface area (Å²) in [5.41, 5.74) is 1.09. The van der Waals surface area contributed by atoms with Gasteiger partial charge in [0, 0.05) is 7.11 Å². The van der Waals surface area contributed by atoms with Gasteiger partial charge >= 0.3 is 10.1 Å².